The molecular formula is C14H20N4O. The molecule has 19 heavy (non-hydrogen) atoms. The molecule has 1 amide bonds. The number of rotatable bonds is 5. The van der Waals surface area contributed by atoms with Crippen LogP contribution in [0.5, 0.6) is 0 Å². The van der Waals surface area contributed by atoms with Crippen LogP contribution in [0.25, 0.3) is 0 Å². The molecule has 0 radical (unpaired) electrons. The van der Waals surface area contributed by atoms with Gasteiger partial charge in [0, 0.05) is 31.6 Å². The highest BCUT2D eigenvalue weighted by Crippen LogP contribution is 2.39. The molecule has 102 valence electrons. The maximum atomic E-state index is 11.9. The number of carbonyl (C=O) groups is 1. The van der Waals surface area contributed by atoms with Crippen LogP contribution in [-0.4, -0.2) is 38.9 Å². The van der Waals surface area contributed by atoms with Crippen molar-refractivity contribution < 1.29 is 4.79 Å². The van der Waals surface area contributed by atoms with E-state index in [-0.39, 0.29) is 5.91 Å². The highest BCUT2D eigenvalue weighted by molar-refractivity contribution is 5.76. The predicted octanol–water partition coefficient (Wildman–Crippen LogP) is 1.90. The summed E-state index contributed by atoms with van der Waals surface area (Å²) in [7, 11) is 0. The molecule has 2 aliphatic rings. The van der Waals surface area contributed by atoms with Gasteiger partial charge in [-0.15, -0.1) is 11.7 Å². The average Bonchev–Trinajstić information content (AvgIpc) is 2.96. The quantitative estimate of drug-likeness (QED) is 0.760. The number of allylic oxidation sites excluding steroid dienone is 1. The first kappa shape index (κ1) is 12.4. The van der Waals surface area contributed by atoms with E-state index in [2.05, 4.69) is 23.1 Å². The van der Waals surface area contributed by atoms with E-state index in [1.165, 1.54) is 12.8 Å². The minimum Gasteiger partial charge on any atom is -0.340 e. The number of hydrogen-bond acceptors (Lipinski definition) is 3. The van der Waals surface area contributed by atoms with E-state index in [0.717, 1.165) is 31.6 Å². The number of carbonyl (C=O) groups excluding carboxylic acids is 1. The summed E-state index contributed by atoms with van der Waals surface area (Å²) >= 11 is 0. The lowest BCUT2D eigenvalue weighted by molar-refractivity contribution is -0.130. The molecule has 0 aromatic carbocycles. The van der Waals surface area contributed by atoms with Crippen LogP contribution in [0.3, 0.4) is 0 Å². The molecule has 0 bridgehead atoms. The van der Waals surface area contributed by atoms with Crippen molar-refractivity contribution in [1.82, 2.24) is 19.9 Å². The average molecular weight is 260 g/mol. The predicted molar refractivity (Wildman–Crippen MR) is 71.7 cm³/mol. The molecule has 1 unspecified atom stereocenters. The fraction of sp³-hybridized carbons (Fsp3) is 0.643. The summed E-state index contributed by atoms with van der Waals surface area (Å²) in [6.45, 7) is 5.25. The molecule has 1 aromatic rings. The van der Waals surface area contributed by atoms with Crippen LogP contribution in [0.4, 0.5) is 0 Å². The highest BCUT2D eigenvalue weighted by Gasteiger charge is 2.30. The Morgan fingerprint density at radius 1 is 1.47 bits per heavy atom. The number of hydrogen-bond donors (Lipinski definition) is 0. The second-order valence-corrected chi connectivity index (χ2v) is 5.51. The van der Waals surface area contributed by atoms with Crippen LogP contribution < -0.4 is 0 Å². The van der Waals surface area contributed by atoms with E-state index < -0.39 is 0 Å². The molecule has 1 saturated carbocycles. The van der Waals surface area contributed by atoms with Gasteiger partial charge in [-0.1, -0.05) is 11.3 Å². The van der Waals surface area contributed by atoms with Gasteiger partial charge in [0.2, 0.25) is 5.91 Å². The Labute approximate surface area is 113 Å². The molecule has 2 fully saturated rings. The monoisotopic (exact) mass is 260 g/mol. The minimum absolute atomic E-state index is 0.227. The lowest BCUT2D eigenvalue weighted by Crippen LogP contribution is -2.28. The third-order valence-electron chi connectivity index (χ3n) is 3.98. The van der Waals surface area contributed by atoms with Crippen molar-refractivity contribution in [1.29, 1.82) is 0 Å². The molecule has 1 aliphatic heterocycles. The highest BCUT2D eigenvalue weighted by atomic mass is 16.2. The summed E-state index contributed by atoms with van der Waals surface area (Å²) in [5.74, 6) is 0.866. The first-order valence-corrected chi connectivity index (χ1v) is 7.08. The van der Waals surface area contributed by atoms with Gasteiger partial charge in [0.05, 0.1) is 11.7 Å². The van der Waals surface area contributed by atoms with Crippen molar-refractivity contribution in [3.63, 3.8) is 0 Å². The van der Waals surface area contributed by atoms with Crippen LogP contribution in [0, 0.1) is 0 Å². The zero-order chi connectivity index (χ0) is 13.2. The Kier molecular flexibility index (Phi) is 3.36. The van der Waals surface area contributed by atoms with E-state index in [0.29, 0.717) is 18.4 Å². The largest absolute Gasteiger partial charge is 0.340 e. The molecule has 1 atom stereocenters. The van der Waals surface area contributed by atoms with Gasteiger partial charge in [0.25, 0.3) is 0 Å². The summed E-state index contributed by atoms with van der Waals surface area (Å²) in [6.07, 6.45) is 8.67. The van der Waals surface area contributed by atoms with E-state index in [1.807, 2.05) is 9.58 Å². The van der Waals surface area contributed by atoms with Gasteiger partial charge in [0.1, 0.15) is 0 Å². The first-order chi connectivity index (χ1) is 9.28. The standard InChI is InChI=1S/C14H20N4O/c1-2-3-4-14(19)17-8-7-12(9-17)18-10-13(15-16-18)11-5-6-11/h2,10-12H,1,3-9H2. The third kappa shape index (κ3) is 2.69. The summed E-state index contributed by atoms with van der Waals surface area (Å²) in [4.78, 5) is 13.9. The van der Waals surface area contributed by atoms with E-state index in [1.54, 1.807) is 6.08 Å². The van der Waals surface area contributed by atoms with Gasteiger partial charge >= 0.3 is 0 Å². The van der Waals surface area contributed by atoms with Gasteiger partial charge in [-0.25, -0.2) is 4.68 Å². The summed E-state index contributed by atoms with van der Waals surface area (Å²) in [5.41, 5.74) is 1.12. The maximum Gasteiger partial charge on any atom is 0.222 e. The smallest absolute Gasteiger partial charge is 0.222 e. The molecule has 3 rings (SSSR count). The number of likely N-dealkylation sites (tertiary alicyclic amines) is 1. The third-order valence-corrected chi connectivity index (χ3v) is 3.98. The zero-order valence-electron chi connectivity index (χ0n) is 11.2. The van der Waals surface area contributed by atoms with Crippen LogP contribution in [0.2, 0.25) is 0 Å². The first-order valence-electron chi connectivity index (χ1n) is 7.08. The Balaban J connectivity index is 1.58. The van der Waals surface area contributed by atoms with Crippen molar-refractivity contribution in [2.24, 2.45) is 0 Å². The Morgan fingerprint density at radius 2 is 2.32 bits per heavy atom. The Morgan fingerprint density at radius 3 is 3.05 bits per heavy atom. The van der Waals surface area contributed by atoms with Gasteiger partial charge in [-0.3, -0.25) is 4.79 Å². The van der Waals surface area contributed by atoms with E-state index >= 15 is 0 Å². The van der Waals surface area contributed by atoms with Crippen molar-refractivity contribution in [2.45, 2.75) is 44.1 Å². The fourth-order valence-electron chi connectivity index (χ4n) is 2.60. The van der Waals surface area contributed by atoms with Gasteiger partial charge in [0.15, 0.2) is 0 Å². The van der Waals surface area contributed by atoms with Gasteiger partial charge in [-0.2, -0.15) is 0 Å². The van der Waals surface area contributed by atoms with E-state index in [9.17, 15) is 4.79 Å². The Hall–Kier alpha value is -1.65. The fourth-order valence-corrected chi connectivity index (χ4v) is 2.60. The van der Waals surface area contributed by atoms with Crippen LogP contribution >= 0.6 is 0 Å². The normalized spacial score (nSPS) is 22.7. The van der Waals surface area contributed by atoms with Gasteiger partial charge in [-0.05, 0) is 25.7 Å². The molecular weight excluding hydrogens is 240 g/mol. The topological polar surface area (TPSA) is 51.0 Å². The molecule has 1 saturated heterocycles. The van der Waals surface area contributed by atoms with Crippen molar-refractivity contribution in [3.8, 4) is 0 Å². The van der Waals surface area contributed by atoms with Crippen LogP contribution in [-0.2, 0) is 4.79 Å². The van der Waals surface area contributed by atoms with Crippen LogP contribution in [0.15, 0.2) is 18.9 Å². The summed E-state index contributed by atoms with van der Waals surface area (Å²) < 4.78 is 1.95. The van der Waals surface area contributed by atoms with E-state index in [4.69, 9.17) is 0 Å². The lowest BCUT2D eigenvalue weighted by atomic mass is 10.2. The number of amides is 1. The SMILES string of the molecule is C=CCCC(=O)N1CCC(n2cc(C3CC3)nn2)C1. The maximum absolute atomic E-state index is 11.9. The second-order valence-electron chi connectivity index (χ2n) is 5.51. The molecule has 5 heteroatoms. The molecule has 0 N–H and O–H groups in total. The van der Waals surface area contributed by atoms with Crippen molar-refractivity contribution >= 4 is 5.91 Å². The second kappa shape index (κ2) is 5.15. The number of nitrogens with zero attached hydrogens (tertiary/aromatic N) is 4. The lowest BCUT2D eigenvalue weighted by Gasteiger charge is -2.15. The zero-order valence-corrected chi connectivity index (χ0v) is 11.2. The molecule has 5 nitrogen and oxygen atoms in total. The molecule has 1 aliphatic carbocycles. The van der Waals surface area contributed by atoms with Gasteiger partial charge < -0.3 is 4.90 Å². The minimum atomic E-state index is 0.227. The summed E-state index contributed by atoms with van der Waals surface area (Å²) in [6, 6.07) is 0.299. The number of aromatic nitrogens is 3. The van der Waals surface area contributed by atoms with Crippen molar-refractivity contribution in [3.05, 3.63) is 24.5 Å². The Bertz CT molecular complexity index is 478. The van der Waals surface area contributed by atoms with Crippen LogP contribution in [0.1, 0.15) is 49.8 Å². The molecule has 2 heterocycles. The summed E-state index contributed by atoms with van der Waals surface area (Å²) in [5, 5.41) is 8.47. The molecule has 1 aromatic heterocycles. The van der Waals surface area contributed by atoms with Crippen molar-refractivity contribution in [2.75, 3.05) is 13.1 Å². The molecule has 0 spiro atoms.